The fourth-order valence-electron chi connectivity index (χ4n) is 1.81. The van der Waals surface area contributed by atoms with Crippen LogP contribution in [-0.4, -0.2) is 32.7 Å². The number of ether oxygens (including phenoxy) is 3. The minimum Gasteiger partial charge on any atom is -0.497 e. The van der Waals surface area contributed by atoms with Gasteiger partial charge in [-0.05, 0) is 13.0 Å². The van der Waals surface area contributed by atoms with Crippen LogP contribution in [0.3, 0.4) is 0 Å². The van der Waals surface area contributed by atoms with E-state index in [1.807, 2.05) is 0 Å². The van der Waals surface area contributed by atoms with E-state index in [1.54, 1.807) is 13.0 Å². The Morgan fingerprint density at radius 3 is 2.43 bits per heavy atom. The largest absolute Gasteiger partial charge is 0.497 e. The predicted molar refractivity (Wildman–Crippen MR) is 77.7 cm³/mol. The molecule has 0 aliphatic carbocycles. The topological polar surface area (TPSA) is 73.9 Å². The van der Waals surface area contributed by atoms with E-state index in [0.29, 0.717) is 17.1 Å². The van der Waals surface area contributed by atoms with Gasteiger partial charge in [-0.1, -0.05) is 11.6 Å². The van der Waals surface area contributed by atoms with Crippen LogP contribution in [-0.2, 0) is 14.3 Å². The fraction of sp³-hybridized carbons (Fsp3) is 0.429. The summed E-state index contributed by atoms with van der Waals surface area (Å²) in [5.74, 6) is -0.197. The molecule has 1 amide bonds. The van der Waals surface area contributed by atoms with Crippen molar-refractivity contribution in [3.8, 4) is 11.5 Å². The Balaban J connectivity index is 3.35. The zero-order valence-corrected chi connectivity index (χ0v) is 13.1. The lowest BCUT2D eigenvalue weighted by molar-refractivity contribution is -0.147. The Kier molecular flexibility index (Phi) is 6.30. The van der Waals surface area contributed by atoms with Gasteiger partial charge in [0.1, 0.15) is 11.5 Å². The van der Waals surface area contributed by atoms with Gasteiger partial charge in [-0.25, -0.2) is 4.79 Å². The molecule has 0 saturated heterocycles. The second-order valence-corrected chi connectivity index (χ2v) is 4.52. The molecular weight excluding hydrogens is 298 g/mol. The standard InChI is InChI=1S/C14H18ClNO5/c1-5-21-14(18)13(16-8(2)17)12-10(15)6-9(19-3)7-11(12)20-4/h6-7,13H,5H2,1-4H3,(H,16,17)/t13-/m1/s1. The molecule has 0 aromatic heterocycles. The van der Waals surface area contributed by atoms with Crippen molar-refractivity contribution < 1.29 is 23.8 Å². The zero-order chi connectivity index (χ0) is 16.0. The molecule has 1 N–H and O–H groups in total. The highest BCUT2D eigenvalue weighted by Gasteiger charge is 2.29. The van der Waals surface area contributed by atoms with Gasteiger partial charge in [0.05, 0.1) is 25.8 Å². The predicted octanol–water partition coefficient (Wildman–Crippen LogP) is 2.10. The highest BCUT2D eigenvalue weighted by atomic mass is 35.5. The minimum atomic E-state index is -1.05. The van der Waals surface area contributed by atoms with E-state index in [1.165, 1.54) is 27.2 Å². The maximum Gasteiger partial charge on any atom is 0.333 e. The first-order valence-electron chi connectivity index (χ1n) is 6.29. The summed E-state index contributed by atoms with van der Waals surface area (Å²) >= 11 is 6.20. The molecule has 0 fully saturated rings. The van der Waals surface area contributed by atoms with Crippen molar-refractivity contribution in [3.05, 3.63) is 22.7 Å². The van der Waals surface area contributed by atoms with Crippen LogP contribution in [0.1, 0.15) is 25.5 Å². The first-order valence-corrected chi connectivity index (χ1v) is 6.67. The Labute approximate surface area is 128 Å². The molecule has 0 radical (unpaired) electrons. The molecule has 0 unspecified atom stereocenters. The number of amides is 1. The molecule has 116 valence electrons. The molecule has 7 heteroatoms. The molecule has 21 heavy (non-hydrogen) atoms. The van der Waals surface area contributed by atoms with Crippen molar-refractivity contribution in [2.45, 2.75) is 19.9 Å². The first kappa shape index (κ1) is 17.1. The number of halogens is 1. The third-order valence-corrected chi connectivity index (χ3v) is 2.99. The first-order chi connectivity index (χ1) is 9.94. The Bertz CT molecular complexity index is 532. The van der Waals surface area contributed by atoms with Crippen LogP contribution in [0.2, 0.25) is 5.02 Å². The van der Waals surface area contributed by atoms with Gasteiger partial charge in [-0.3, -0.25) is 4.79 Å². The van der Waals surface area contributed by atoms with Gasteiger partial charge >= 0.3 is 5.97 Å². The lowest BCUT2D eigenvalue weighted by atomic mass is 10.0. The van der Waals surface area contributed by atoms with Crippen molar-refractivity contribution in [3.63, 3.8) is 0 Å². The van der Waals surface area contributed by atoms with Crippen LogP contribution in [0.5, 0.6) is 11.5 Å². The van der Waals surface area contributed by atoms with Crippen molar-refractivity contribution in [1.29, 1.82) is 0 Å². The molecule has 0 bridgehead atoms. The van der Waals surface area contributed by atoms with Gasteiger partial charge in [0.25, 0.3) is 0 Å². The van der Waals surface area contributed by atoms with Crippen LogP contribution < -0.4 is 14.8 Å². The van der Waals surface area contributed by atoms with Gasteiger partial charge in [-0.2, -0.15) is 0 Å². The summed E-state index contributed by atoms with van der Waals surface area (Å²) in [6.07, 6.45) is 0. The molecule has 0 saturated carbocycles. The SMILES string of the molecule is CCOC(=O)[C@H](NC(C)=O)c1c(Cl)cc(OC)cc1OC. The highest BCUT2D eigenvalue weighted by Crippen LogP contribution is 2.37. The number of rotatable bonds is 6. The molecule has 1 rings (SSSR count). The molecule has 6 nitrogen and oxygen atoms in total. The number of hydrogen-bond acceptors (Lipinski definition) is 5. The van der Waals surface area contributed by atoms with E-state index in [4.69, 9.17) is 25.8 Å². The van der Waals surface area contributed by atoms with Crippen LogP contribution in [0.25, 0.3) is 0 Å². The van der Waals surface area contributed by atoms with Gasteiger partial charge in [0.2, 0.25) is 5.91 Å². The summed E-state index contributed by atoms with van der Waals surface area (Å²) in [7, 11) is 2.92. The molecule has 0 aliphatic rings. The normalized spacial score (nSPS) is 11.5. The number of nitrogens with one attached hydrogen (secondary N) is 1. The lowest BCUT2D eigenvalue weighted by Crippen LogP contribution is -2.34. The Morgan fingerprint density at radius 2 is 1.95 bits per heavy atom. The molecule has 1 aromatic rings. The van der Waals surface area contributed by atoms with E-state index < -0.39 is 12.0 Å². The maximum atomic E-state index is 12.1. The second kappa shape index (κ2) is 7.73. The summed E-state index contributed by atoms with van der Waals surface area (Å²) in [6, 6.07) is 2.07. The molecule has 1 aromatic carbocycles. The van der Waals surface area contributed by atoms with Crippen LogP contribution >= 0.6 is 11.6 Å². The van der Waals surface area contributed by atoms with Crippen molar-refractivity contribution >= 4 is 23.5 Å². The van der Waals surface area contributed by atoms with Crippen molar-refractivity contribution in [2.24, 2.45) is 0 Å². The maximum absolute atomic E-state index is 12.1. The van der Waals surface area contributed by atoms with Crippen molar-refractivity contribution in [2.75, 3.05) is 20.8 Å². The number of carbonyl (C=O) groups excluding carboxylic acids is 2. The third kappa shape index (κ3) is 4.26. The zero-order valence-electron chi connectivity index (χ0n) is 12.4. The van der Waals surface area contributed by atoms with Gasteiger partial charge in [0, 0.05) is 18.6 Å². The highest BCUT2D eigenvalue weighted by molar-refractivity contribution is 6.32. The molecular formula is C14H18ClNO5. The summed E-state index contributed by atoms with van der Waals surface area (Å²) in [5, 5.41) is 2.75. The fourth-order valence-corrected chi connectivity index (χ4v) is 2.12. The Morgan fingerprint density at radius 1 is 1.29 bits per heavy atom. The number of methoxy groups -OCH3 is 2. The van der Waals surface area contributed by atoms with Crippen LogP contribution in [0, 0.1) is 0 Å². The monoisotopic (exact) mass is 315 g/mol. The third-order valence-electron chi connectivity index (χ3n) is 2.68. The van der Waals surface area contributed by atoms with Crippen molar-refractivity contribution in [1.82, 2.24) is 5.32 Å². The summed E-state index contributed by atoms with van der Waals surface area (Å²) < 4.78 is 15.3. The van der Waals surface area contributed by atoms with E-state index in [0.717, 1.165) is 0 Å². The summed E-state index contributed by atoms with van der Waals surface area (Å²) in [5.41, 5.74) is 0.327. The number of carbonyl (C=O) groups is 2. The van der Waals surface area contributed by atoms with Gasteiger partial charge in [0.15, 0.2) is 6.04 Å². The van der Waals surface area contributed by atoms with Crippen LogP contribution in [0.4, 0.5) is 0 Å². The van der Waals surface area contributed by atoms with Crippen LogP contribution in [0.15, 0.2) is 12.1 Å². The average Bonchev–Trinajstić information content (AvgIpc) is 2.44. The molecule has 1 atom stereocenters. The van der Waals surface area contributed by atoms with Gasteiger partial charge in [-0.15, -0.1) is 0 Å². The van der Waals surface area contributed by atoms with Gasteiger partial charge < -0.3 is 19.5 Å². The summed E-state index contributed by atoms with van der Waals surface area (Å²) in [6.45, 7) is 3.16. The number of benzene rings is 1. The smallest absolute Gasteiger partial charge is 0.333 e. The average molecular weight is 316 g/mol. The lowest BCUT2D eigenvalue weighted by Gasteiger charge is -2.21. The molecule has 0 aliphatic heterocycles. The van der Waals surface area contributed by atoms with E-state index in [9.17, 15) is 9.59 Å². The van der Waals surface area contributed by atoms with E-state index in [-0.39, 0.29) is 17.5 Å². The number of esters is 1. The molecule has 0 spiro atoms. The minimum absolute atomic E-state index is 0.186. The van der Waals surface area contributed by atoms with E-state index in [2.05, 4.69) is 5.32 Å². The number of hydrogen-bond donors (Lipinski definition) is 1. The van der Waals surface area contributed by atoms with E-state index >= 15 is 0 Å². The quantitative estimate of drug-likeness (QED) is 0.814. The summed E-state index contributed by atoms with van der Waals surface area (Å²) in [4.78, 5) is 23.4. The second-order valence-electron chi connectivity index (χ2n) is 4.11. The Hall–Kier alpha value is -1.95. The molecule has 0 heterocycles.